The van der Waals surface area contributed by atoms with Gasteiger partial charge < -0.3 is 4.74 Å². The Morgan fingerprint density at radius 3 is 2.50 bits per heavy atom. The highest BCUT2D eigenvalue weighted by molar-refractivity contribution is 8.18. The first-order valence-electron chi connectivity index (χ1n) is 7.53. The topological polar surface area (TPSA) is 46.6 Å². The van der Waals surface area contributed by atoms with Crippen LogP contribution in [0.3, 0.4) is 0 Å². The molecule has 1 aliphatic rings. The summed E-state index contributed by atoms with van der Waals surface area (Å²) in [4.78, 5) is 26.0. The number of carbonyl (C=O) groups excluding carboxylic acids is 2. The van der Waals surface area contributed by atoms with Crippen LogP contribution in [0.1, 0.15) is 5.56 Å². The first-order valence-corrected chi connectivity index (χ1v) is 9.48. The van der Waals surface area contributed by atoms with Crippen molar-refractivity contribution in [2.75, 3.05) is 13.2 Å². The lowest BCUT2D eigenvalue weighted by atomic mass is 10.2. The summed E-state index contributed by atoms with van der Waals surface area (Å²) in [6.45, 7) is 0.288. The van der Waals surface area contributed by atoms with Crippen LogP contribution in [0.4, 0.5) is 4.79 Å². The monoisotopic (exact) mass is 427 g/mol. The first-order chi connectivity index (χ1) is 12.5. The zero-order chi connectivity index (χ0) is 18.7. The predicted molar refractivity (Wildman–Crippen MR) is 106 cm³/mol. The fourth-order valence-electron chi connectivity index (χ4n) is 2.25. The van der Waals surface area contributed by atoms with Crippen LogP contribution in [0.25, 0.3) is 6.08 Å². The molecule has 0 aromatic heterocycles. The molecule has 0 spiro atoms. The van der Waals surface area contributed by atoms with Crippen LogP contribution in [0.15, 0.2) is 47.4 Å². The molecule has 2 aromatic carbocycles. The van der Waals surface area contributed by atoms with Crippen LogP contribution in [0.5, 0.6) is 5.75 Å². The van der Waals surface area contributed by atoms with Gasteiger partial charge >= 0.3 is 0 Å². The smallest absolute Gasteiger partial charge is 0.293 e. The number of carbonyl (C=O) groups is 2. The molecule has 1 heterocycles. The van der Waals surface area contributed by atoms with Crippen molar-refractivity contribution in [2.24, 2.45) is 0 Å². The molecule has 0 N–H and O–H groups in total. The van der Waals surface area contributed by atoms with E-state index in [2.05, 4.69) is 0 Å². The van der Waals surface area contributed by atoms with Crippen molar-refractivity contribution < 1.29 is 14.3 Å². The van der Waals surface area contributed by atoms with Gasteiger partial charge in [-0.15, -0.1) is 0 Å². The molecule has 134 valence electrons. The molecule has 1 fully saturated rings. The maximum Gasteiger partial charge on any atom is 0.293 e. The van der Waals surface area contributed by atoms with Crippen molar-refractivity contribution in [3.63, 3.8) is 0 Å². The van der Waals surface area contributed by atoms with Crippen molar-refractivity contribution >= 4 is 63.8 Å². The summed E-state index contributed by atoms with van der Waals surface area (Å²) in [5.41, 5.74) is 0.692. The normalized spacial score (nSPS) is 15.8. The van der Waals surface area contributed by atoms with Crippen LogP contribution >= 0.6 is 46.6 Å². The van der Waals surface area contributed by atoms with Crippen molar-refractivity contribution in [3.8, 4) is 5.75 Å². The number of amides is 2. The van der Waals surface area contributed by atoms with Crippen molar-refractivity contribution in [2.45, 2.75) is 0 Å². The number of thioether (sulfide) groups is 1. The highest BCUT2D eigenvalue weighted by atomic mass is 35.5. The van der Waals surface area contributed by atoms with E-state index in [0.717, 1.165) is 16.7 Å². The van der Waals surface area contributed by atoms with Crippen LogP contribution < -0.4 is 4.74 Å². The van der Waals surface area contributed by atoms with E-state index in [1.165, 1.54) is 0 Å². The third-order valence-corrected chi connectivity index (χ3v) is 5.48. The number of benzene rings is 2. The summed E-state index contributed by atoms with van der Waals surface area (Å²) < 4.78 is 5.54. The summed E-state index contributed by atoms with van der Waals surface area (Å²) in [6.07, 6.45) is 1.61. The molecule has 0 aliphatic carbocycles. The van der Waals surface area contributed by atoms with Gasteiger partial charge in [0.05, 0.1) is 26.5 Å². The van der Waals surface area contributed by atoms with Crippen molar-refractivity contribution in [1.82, 2.24) is 4.90 Å². The molecule has 0 radical (unpaired) electrons. The van der Waals surface area contributed by atoms with Gasteiger partial charge in [0, 0.05) is 0 Å². The molecule has 2 amide bonds. The molecule has 3 rings (SSSR count). The van der Waals surface area contributed by atoms with Gasteiger partial charge in [-0.05, 0) is 47.7 Å². The Bertz CT molecular complexity index is 901. The third kappa shape index (κ3) is 4.35. The van der Waals surface area contributed by atoms with Crippen LogP contribution in [-0.2, 0) is 4.79 Å². The molecule has 0 saturated carbocycles. The fourth-order valence-corrected chi connectivity index (χ4v) is 3.62. The Morgan fingerprint density at radius 2 is 1.77 bits per heavy atom. The third-order valence-electron chi connectivity index (χ3n) is 3.52. The Kier molecular flexibility index (Phi) is 6.14. The van der Waals surface area contributed by atoms with E-state index in [1.54, 1.807) is 48.5 Å². The largest absolute Gasteiger partial charge is 0.490 e. The summed E-state index contributed by atoms with van der Waals surface area (Å²) in [5.74, 6) is 0.140. The Balaban J connectivity index is 1.66. The van der Waals surface area contributed by atoms with Crippen LogP contribution in [0.2, 0.25) is 15.1 Å². The summed E-state index contributed by atoms with van der Waals surface area (Å²) >= 11 is 18.7. The Hall–Kier alpha value is -1.66. The first kappa shape index (κ1) is 19.1. The standard InChI is InChI=1S/C18H12Cl3NO3S/c19-12-6-5-11(9-14(12)21)10-16-17(23)22(18(24)26-16)7-8-25-15-4-2-1-3-13(15)20/h1-6,9-10H,7-8H2/b16-10-. The van der Waals surface area contributed by atoms with Crippen LogP contribution in [0, 0.1) is 0 Å². The van der Waals surface area contributed by atoms with Gasteiger partial charge in [-0.25, -0.2) is 0 Å². The van der Waals surface area contributed by atoms with Gasteiger partial charge in [0.1, 0.15) is 12.4 Å². The van der Waals surface area contributed by atoms with E-state index in [1.807, 2.05) is 0 Å². The molecule has 1 saturated heterocycles. The molecule has 0 atom stereocenters. The van der Waals surface area contributed by atoms with E-state index in [4.69, 9.17) is 39.5 Å². The van der Waals surface area contributed by atoms with Gasteiger partial charge in [0.15, 0.2) is 0 Å². The number of hydrogen-bond acceptors (Lipinski definition) is 4. The molecule has 0 bridgehead atoms. The number of imide groups is 1. The second-order valence-electron chi connectivity index (χ2n) is 5.29. The number of hydrogen-bond donors (Lipinski definition) is 0. The lowest BCUT2D eigenvalue weighted by molar-refractivity contribution is -0.123. The minimum Gasteiger partial charge on any atom is -0.490 e. The van der Waals surface area contributed by atoms with Gasteiger partial charge in [-0.2, -0.15) is 0 Å². The number of nitrogens with zero attached hydrogens (tertiary/aromatic N) is 1. The average molecular weight is 429 g/mol. The maximum absolute atomic E-state index is 12.5. The van der Waals surface area contributed by atoms with E-state index in [9.17, 15) is 9.59 Å². The number of ether oxygens (including phenoxy) is 1. The van der Waals surface area contributed by atoms with Crippen LogP contribution in [-0.4, -0.2) is 29.2 Å². The fraction of sp³-hybridized carbons (Fsp3) is 0.111. The van der Waals surface area contributed by atoms with Crippen molar-refractivity contribution in [1.29, 1.82) is 0 Å². The van der Waals surface area contributed by atoms with Crippen molar-refractivity contribution in [3.05, 3.63) is 68.0 Å². The predicted octanol–water partition coefficient (Wildman–Crippen LogP) is 5.76. The van der Waals surface area contributed by atoms with Gasteiger partial charge in [0.25, 0.3) is 11.1 Å². The molecule has 8 heteroatoms. The molecular weight excluding hydrogens is 417 g/mol. The lowest BCUT2D eigenvalue weighted by Crippen LogP contribution is -2.32. The highest BCUT2D eigenvalue weighted by Crippen LogP contribution is 2.33. The number of halogens is 3. The molecule has 26 heavy (non-hydrogen) atoms. The van der Waals surface area contributed by atoms with Gasteiger partial charge in [-0.3, -0.25) is 14.5 Å². The number of para-hydroxylation sites is 1. The summed E-state index contributed by atoms with van der Waals surface area (Å²) in [5, 5.41) is 0.937. The maximum atomic E-state index is 12.5. The van der Waals surface area contributed by atoms with E-state index < -0.39 is 0 Å². The molecule has 2 aromatic rings. The lowest BCUT2D eigenvalue weighted by Gasteiger charge is -2.13. The SMILES string of the molecule is O=C1S/C(=C\c2ccc(Cl)c(Cl)c2)C(=O)N1CCOc1ccccc1Cl. The summed E-state index contributed by atoms with van der Waals surface area (Å²) in [7, 11) is 0. The van der Waals surface area contributed by atoms with Gasteiger partial charge in [0.2, 0.25) is 0 Å². The molecular formula is C18H12Cl3NO3S. The minimum atomic E-state index is -0.367. The second kappa shape index (κ2) is 8.35. The minimum absolute atomic E-state index is 0.134. The molecule has 1 aliphatic heterocycles. The molecule has 0 unspecified atom stereocenters. The zero-order valence-electron chi connectivity index (χ0n) is 13.2. The summed E-state index contributed by atoms with van der Waals surface area (Å²) in [6, 6.07) is 12.0. The second-order valence-corrected chi connectivity index (χ2v) is 7.50. The Morgan fingerprint density at radius 1 is 1.00 bits per heavy atom. The van der Waals surface area contributed by atoms with Gasteiger partial charge in [-0.1, -0.05) is 53.0 Å². The Labute approximate surface area is 169 Å². The molecule has 4 nitrogen and oxygen atoms in total. The van der Waals surface area contributed by atoms with E-state index >= 15 is 0 Å². The average Bonchev–Trinajstić information content (AvgIpc) is 2.87. The number of rotatable bonds is 5. The van der Waals surface area contributed by atoms with E-state index in [-0.39, 0.29) is 24.3 Å². The zero-order valence-corrected chi connectivity index (χ0v) is 16.3. The highest BCUT2D eigenvalue weighted by Gasteiger charge is 2.34. The van der Waals surface area contributed by atoms with E-state index in [0.29, 0.717) is 31.3 Å². The quantitative estimate of drug-likeness (QED) is 0.568.